The van der Waals surface area contributed by atoms with Gasteiger partial charge in [-0.15, -0.1) is 22.7 Å². The minimum atomic E-state index is 0.738. The number of pyridine rings is 1. The largest absolute Gasteiger partial charge is 0.236 e. The Morgan fingerprint density at radius 2 is 1.89 bits per heavy atom. The zero-order valence-corrected chi connectivity index (χ0v) is 16.5. The zero-order valence-electron chi connectivity index (χ0n) is 14.8. The van der Waals surface area contributed by atoms with Crippen LogP contribution in [0.15, 0.2) is 60.2 Å². The van der Waals surface area contributed by atoms with Crippen LogP contribution in [0.3, 0.4) is 0 Å². The maximum Gasteiger partial charge on any atom is 0.176 e. The fourth-order valence-electron chi connectivity index (χ4n) is 3.53. The summed E-state index contributed by atoms with van der Waals surface area (Å²) in [6, 6.07) is 16.8. The molecule has 0 spiro atoms. The van der Waals surface area contributed by atoms with Crippen molar-refractivity contribution in [1.29, 1.82) is 0 Å². The topological polar surface area (TPSA) is 56.0 Å². The highest BCUT2D eigenvalue weighted by atomic mass is 32.1. The molecule has 28 heavy (non-hydrogen) atoms. The Hall–Kier alpha value is -3.16. The normalized spacial score (nSPS) is 11.8. The van der Waals surface area contributed by atoms with E-state index in [-0.39, 0.29) is 0 Å². The number of benzene rings is 1. The predicted molar refractivity (Wildman–Crippen MR) is 115 cm³/mol. The van der Waals surface area contributed by atoms with E-state index in [0.717, 1.165) is 53.6 Å². The van der Waals surface area contributed by atoms with Crippen LogP contribution in [-0.2, 0) is 0 Å². The van der Waals surface area contributed by atoms with Crippen LogP contribution in [0.25, 0.3) is 47.8 Å². The third-order valence-corrected chi connectivity index (χ3v) is 6.69. The van der Waals surface area contributed by atoms with Crippen molar-refractivity contribution < 1.29 is 0 Å². The van der Waals surface area contributed by atoms with Gasteiger partial charge in [0.25, 0.3) is 0 Å². The van der Waals surface area contributed by atoms with Crippen molar-refractivity contribution in [3.05, 3.63) is 66.1 Å². The second kappa shape index (κ2) is 5.92. The molecule has 0 fully saturated rings. The molecule has 134 valence electrons. The van der Waals surface area contributed by atoms with Crippen LogP contribution in [0, 0.1) is 6.92 Å². The summed E-state index contributed by atoms with van der Waals surface area (Å²) >= 11 is 3.33. The summed E-state index contributed by atoms with van der Waals surface area (Å²) in [5.41, 5.74) is 5.06. The van der Waals surface area contributed by atoms with Gasteiger partial charge in [0.1, 0.15) is 21.7 Å². The molecule has 7 heteroatoms. The van der Waals surface area contributed by atoms with E-state index in [2.05, 4.69) is 57.9 Å². The number of hydrogen-bond acceptors (Lipinski definition) is 6. The van der Waals surface area contributed by atoms with Crippen LogP contribution < -0.4 is 0 Å². The molecule has 5 aromatic heterocycles. The number of hydrogen-bond donors (Lipinski definition) is 0. The number of thiophene rings is 2. The van der Waals surface area contributed by atoms with Gasteiger partial charge in [0.05, 0.1) is 16.1 Å². The van der Waals surface area contributed by atoms with E-state index in [1.807, 2.05) is 13.0 Å². The highest BCUT2D eigenvalue weighted by molar-refractivity contribution is 7.26. The van der Waals surface area contributed by atoms with Crippen molar-refractivity contribution in [3.8, 4) is 21.7 Å². The van der Waals surface area contributed by atoms with Gasteiger partial charge in [-0.3, -0.25) is 0 Å². The van der Waals surface area contributed by atoms with E-state index >= 15 is 0 Å². The van der Waals surface area contributed by atoms with Gasteiger partial charge in [0.15, 0.2) is 5.65 Å². The smallest absolute Gasteiger partial charge is 0.176 e. The van der Waals surface area contributed by atoms with Crippen LogP contribution in [0.1, 0.15) is 5.82 Å². The molecular formula is C21H13N5S2. The van der Waals surface area contributed by atoms with E-state index in [9.17, 15) is 0 Å². The van der Waals surface area contributed by atoms with Gasteiger partial charge in [-0.05, 0) is 35.6 Å². The lowest BCUT2D eigenvalue weighted by Gasteiger charge is -2.07. The van der Waals surface area contributed by atoms with Crippen molar-refractivity contribution >= 4 is 48.8 Å². The van der Waals surface area contributed by atoms with Crippen molar-refractivity contribution in [2.24, 2.45) is 0 Å². The first-order valence-corrected chi connectivity index (χ1v) is 10.5. The molecule has 5 nitrogen and oxygen atoms in total. The summed E-state index contributed by atoms with van der Waals surface area (Å²) in [4.78, 5) is 16.5. The highest BCUT2D eigenvalue weighted by Gasteiger charge is 2.19. The molecule has 0 atom stereocenters. The molecule has 0 aliphatic carbocycles. The van der Waals surface area contributed by atoms with Crippen LogP contribution >= 0.6 is 22.7 Å². The summed E-state index contributed by atoms with van der Waals surface area (Å²) < 4.78 is 2.77. The summed E-state index contributed by atoms with van der Waals surface area (Å²) in [5, 5.41) is 7.56. The van der Waals surface area contributed by atoms with Gasteiger partial charge in [-0.2, -0.15) is 5.10 Å². The second-order valence-corrected chi connectivity index (χ2v) is 8.48. The van der Waals surface area contributed by atoms with Crippen molar-refractivity contribution in [3.63, 3.8) is 0 Å². The Morgan fingerprint density at radius 1 is 1.00 bits per heavy atom. The Morgan fingerprint density at radius 3 is 2.71 bits per heavy atom. The summed E-state index contributed by atoms with van der Waals surface area (Å²) in [6.07, 6.45) is 1.74. The molecule has 0 radical (unpaired) electrons. The minimum absolute atomic E-state index is 0.738. The molecule has 0 aliphatic rings. The van der Waals surface area contributed by atoms with Gasteiger partial charge >= 0.3 is 0 Å². The van der Waals surface area contributed by atoms with Crippen LogP contribution in [0.2, 0.25) is 0 Å². The molecule has 0 amide bonds. The van der Waals surface area contributed by atoms with E-state index in [1.165, 1.54) is 0 Å². The van der Waals surface area contributed by atoms with E-state index in [1.54, 1.807) is 33.5 Å². The predicted octanol–water partition coefficient (Wildman–Crippen LogP) is 5.59. The van der Waals surface area contributed by atoms with Crippen LogP contribution in [0.5, 0.6) is 0 Å². The average molecular weight is 400 g/mol. The number of nitrogens with zero attached hydrogens (tertiary/aromatic N) is 5. The number of aromatic nitrogens is 5. The standard InChI is InChI=1S/C21H13N5S2/c1-12-23-20-19-18(22-11-26(20)25-12)17-14(13-6-3-2-4-7-13)10-15(24-21(17)28-19)16-8-5-9-27-16/h2-11H,1H3. The van der Waals surface area contributed by atoms with Gasteiger partial charge < -0.3 is 0 Å². The maximum atomic E-state index is 4.99. The number of aryl methyl sites for hydroxylation is 1. The highest BCUT2D eigenvalue weighted by Crippen LogP contribution is 2.41. The molecule has 5 heterocycles. The van der Waals surface area contributed by atoms with Crippen molar-refractivity contribution in [1.82, 2.24) is 24.6 Å². The second-order valence-electron chi connectivity index (χ2n) is 6.53. The number of rotatable bonds is 2. The maximum absolute atomic E-state index is 4.99. The van der Waals surface area contributed by atoms with Crippen molar-refractivity contribution in [2.45, 2.75) is 6.92 Å². The van der Waals surface area contributed by atoms with E-state index < -0.39 is 0 Å². The summed E-state index contributed by atoms with van der Waals surface area (Å²) in [6.45, 7) is 1.90. The average Bonchev–Trinajstić information content (AvgIpc) is 3.45. The summed E-state index contributed by atoms with van der Waals surface area (Å²) in [7, 11) is 0. The lowest BCUT2D eigenvalue weighted by Crippen LogP contribution is -1.90. The third-order valence-electron chi connectivity index (χ3n) is 4.73. The van der Waals surface area contributed by atoms with Crippen molar-refractivity contribution in [2.75, 3.05) is 0 Å². The SMILES string of the molecule is Cc1nc2c3sc4nc(-c5cccs5)cc(-c5ccccc5)c4c3ncn2n1. The first kappa shape index (κ1) is 15.9. The fraction of sp³-hybridized carbons (Fsp3) is 0.0476. The molecule has 0 saturated heterocycles. The Labute approximate surface area is 168 Å². The van der Waals surface area contributed by atoms with Gasteiger partial charge in [-0.25, -0.2) is 19.5 Å². The molecule has 1 aromatic carbocycles. The lowest BCUT2D eigenvalue weighted by molar-refractivity contribution is 0.910. The quantitative estimate of drug-likeness (QED) is 0.381. The first-order chi connectivity index (χ1) is 13.8. The number of fused-ring (bicyclic) bond motifs is 5. The molecule has 6 rings (SSSR count). The lowest BCUT2D eigenvalue weighted by atomic mass is 10.0. The Bertz CT molecular complexity index is 1460. The Kier molecular flexibility index (Phi) is 3.35. The Balaban J connectivity index is 1.78. The van der Waals surface area contributed by atoms with Gasteiger partial charge in [-0.1, -0.05) is 36.4 Å². The monoisotopic (exact) mass is 399 g/mol. The molecular weight excluding hydrogens is 386 g/mol. The summed E-state index contributed by atoms with van der Waals surface area (Å²) in [5.74, 6) is 0.738. The van der Waals surface area contributed by atoms with E-state index in [0.29, 0.717) is 0 Å². The molecule has 0 saturated carbocycles. The van der Waals surface area contributed by atoms with Crippen LogP contribution in [0.4, 0.5) is 0 Å². The first-order valence-electron chi connectivity index (χ1n) is 8.82. The van der Waals surface area contributed by atoms with E-state index in [4.69, 9.17) is 9.97 Å². The molecule has 0 aliphatic heterocycles. The molecule has 0 bridgehead atoms. The third kappa shape index (κ3) is 2.30. The minimum Gasteiger partial charge on any atom is -0.236 e. The molecule has 0 unspecified atom stereocenters. The van der Waals surface area contributed by atoms with Crippen LogP contribution in [-0.4, -0.2) is 24.6 Å². The molecule has 6 aromatic rings. The van der Waals surface area contributed by atoms with Gasteiger partial charge in [0.2, 0.25) is 0 Å². The fourth-order valence-corrected chi connectivity index (χ4v) is 5.35. The molecule has 0 N–H and O–H groups in total. The zero-order chi connectivity index (χ0) is 18.7. The van der Waals surface area contributed by atoms with Gasteiger partial charge in [0, 0.05) is 5.39 Å².